The van der Waals surface area contributed by atoms with Gasteiger partial charge < -0.3 is 0 Å². The lowest BCUT2D eigenvalue weighted by Crippen LogP contribution is -2.13. The Kier molecular flexibility index (Phi) is 6.28. The van der Waals surface area contributed by atoms with Gasteiger partial charge in [-0.1, -0.05) is 23.7 Å². The molecule has 9 nitrogen and oxygen atoms in total. The molecular formula is C19H16ClN5O4S. The van der Waals surface area contributed by atoms with Crippen LogP contribution in [0.4, 0.5) is 17.1 Å². The summed E-state index contributed by atoms with van der Waals surface area (Å²) in [6.07, 6.45) is 1.60. The SMILES string of the molecule is C/C(=N\Nc1ccc(S(=O)(=O)Nc2cccc(Cl)c2)cc1[N+](=O)[O-])c1ccccn1. The summed E-state index contributed by atoms with van der Waals surface area (Å²) >= 11 is 5.86. The minimum Gasteiger partial charge on any atom is -0.280 e. The number of halogens is 1. The van der Waals surface area contributed by atoms with Crippen molar-refractivity contribution in [3.63, 3.8) is 0 Å². The molecule has 0 radical (unpaired) electrons. The van der Waals surface area contributed by atoms with E-state index in [1.807, 2.05) is 0 Å². The summed E-state index contributed by atoms with van der Waals surface area (Å²) in [5, 5.41) is 15.9. The third-order valence-corrected chi connectivity index (χ3v) is 5.55. The number of nitrogens with zero attached hydrogens (tertiary/aromatic N) is 3. The molecule has 3 aromatic rings. The summed E-state index contributed by atoms with van der Waals surface area (Å²) in [4.78, 5) is 14.7. The van der Waals surface area contributed by atoms with Gasteiger partial charge in [0, 0.05) is 17.3 Å². The zero-order valence-electron chi connectivity index (χ0n) is 15.6. The molecule has 0 aliphatic heterocycles. The fourth-order valence-electron chi connectivity index (χ4n) is 2.47. The standard InChI is InChI=1S/C19H16ClN5O4S/c1-13(17-7-2-3-10-21-17)22-23-18-9-8-16(12-19(18)25(26)27)30(28,29)24-15-6-4-5-14(20)11-15/h2-12,23-24H,1H3/b22-13+. The van der Waals surface area contributed by atoms with Crippen molar-refractivity contribution >= 4 is 44.4 Å². The van der Waals surface area contributed by atoms with E-state index in [1.54, 1.807) is 43.5 Å². The normalized spacial score (nSPS) is 11.7. The smallest absolute Gasteiger partial charge is 0.280 e. The molecule has 0 saturated heterocycles. The van der Waals surface area contributed by atoms with Crippen LogP contribution in [-0.4, -0.2) is 24.0 Å². The van der Waals surface area contributed by atoms with Gasteiger partial charge >= 0.3 is 0 Å². The Balaban J connectivity index is 1.89. The van der Waals surface area contributed by atoms with Gasteiger partial charge in [0.15, 0.2) is 0 Å². The number of pyridine rings is 1. The number of sulfonamides is 1. The fourth-order valence-corrected chi connectivity index (χ4v) is 3.73. The summed E-state index contributed by atoms with van der Waals surface area (Å²) < 4.78 is 27.6. The molecule has 2 N–H and O–H groups in total. The molecule has 0 unspecified atom stereocenters. The summed E-state index contributed by atoms with van der Waals surface area (Å²) in [6, 6.07) is 14.9. The van der Waals surface area contributed by atoms with E-state index in [9.17, 15) is 18.5 Å². The predicted molar refractivity (Wildman–Crippen MR) is 115 cm³/mol. The van der Waals surface area contributed by atoms with Gasteiger partial charge in [-0.3, -0.25) is 25.2 Å². The Bertz CT molecular complexity index is 1220. The zero-order valence-corrected chi connectivity index (χ0v) is 17.2. The molecule has 2 aromatic carbocycles. The van der Waals surface area contributed by atoms with Gasteiger partial charge in [-0.05, 0) is 49.4 Å². The highest BCUT2D eigenvalue weighted by atomic mass is 35.5. The fraction of sp³-hybridized carbons (Fsp3) is 0.0526. The van der Waals surface area contributed by atoms with Crippen LogP contribution in [0.25, 0.3) is 0 Å². The third-order valence-electron chi connectivity index (χ3n) is 3.93. The van der Waals surface area contributed by atoms with Crippen LogP contribution in [0, 0.1) is 10.1 Å². The van der Waals surface area contributed by atoms with E-state index in [4.69, 9.17) is 11.6 Å². The summed E-state index contributed by atoms with van der Waals surface area (Å²) in [5.74, 6) is 0. The molecule has 0 amide bonds. The minimum absolute atomic E-state index is 0.0389. The molecule has 3 rings (SSSR count). The van der Waals surface area contributed by atoms with E-state index in [0.29, 0.717) is 16.4 Å². The monoisotopic (exact) mass is 445 g/mol. The largest absolute Gasteiger partial charge is 0.295 e. The summed E-state index contributed by atoms with van der Waals surface area (Å²) in [5.41, 5.74) is 3.54. The number of nitro groups is 1. The van der Waals surface area contributed by atoms with Crippen molar-refractivity contribution in [1.29, 1.82) is 0 Å². The Labute approximate surface area is 177 Å². The Hall–Kier alpha value is -3.50. The molecule has 0 saturated carbocycles. The molecule has 0 bridgehead atoms. The highest BCUT2D eigenvalue weighted by molar-refractivity contribution is 7.92. The van der Waals surface area contributed by atoms with Crippen LogP contribution in [-0.2, 0) is 10.0 Å². The van der Waals surface area contributed by atoms with Gasteiger partial charge in [0.2, 0.25) is 0 Å². The van der Waals surface area contributed by atoms with E-state index < -0.39 is 20.6 Å². The quantitative estimate of drug-likeness (QED) is 0.317. The predicted octanol–water partition coefficient (Wildman–Crippen LogP) is 4.28. The average Bonchev–Trinajstić information content (AvgIpc) is 2.72. The molecule has 154 valence electrons. The Morgan fingerprint density at radius 3 is 2.60 bits per heavy atom. The Morgan fingerprint density at radius 1 is 1.13 bits per heavy atom. The third kappa shape index (κ3) is 5.10. The molecule has 1 heterocycles. The van der Waals surface area contributed by atoms with Crippen molar-refractivity contribution in [3.05, 3.63) is 87.7 Å². The second kappa shape index (κ2) is 8.89. The van der Waals surface area contributed by atoms with Crippen molar-refractivity contribution in [2.24, 2.45) is 5.10 Å². The number of hydrogen-bond acceptors (Lipinski definition) is 7. The van der Waals surface area contributed by atoms with Gasteiger partial charge in [0.1, 0.15) is 5.69 Å². The number of aromatic nitrogens is 1. The second-order valence-corrected chi connectivity index (χ2v) is 8.19. The van der Waals surface area contributed by atoms with Crippen molar-refractivity contribution in [2.45, 2.75) is 11.8 Å². The lowest BCUT2D eigenvalue weighted by atomic mass is 10.2. The lowest BCUT2D eigenvalue weighted by Gasteiger charge is -2.10. The maximum absolute atomic E-state index is 12.6. The highest BCUT2D eigenvalue weighted by Crippen LogP contribution is 2.29. The van der Waals surface area contributed by atoms with Crippen LogP contribution < -0.4 is 10.1 Å². The maximum Gasteiger partial charge on any atom is 0.295 e. The van der Waals surface area contributed by atoms with Crippen LogP contribution in [0.5, 0.6) is 0 Å². The summed E-state index contributed by atoms with van der Waals surface area (Å²) in [7, 11) is -4.06. The van der Waals surface area contributed by atoms with Crippen LogP contribution in [0.15, 0.2) is 76.9 Å². The van der Waals surface area contributed by atoms with Gasteiger partial charge in [-0.25, -0.2) is 8.42 Å². The molecule has 0 spiro atoms. The minimum atomic E-state index is -4.06. The molecule has 11 heteroatoms. The molecule has 0 atom stereocenters. The first-order valence-corrected chi connectivity index (χ1v) is 10.4. The second-order valence-electron chi connectivity index (χ2n) is 6.08. The highest BCUT2D eigenvalue weighted by Gasteiger charge is 2.22. The topological polar surface area (TPSA) is 127 Å². The first-order chi connectivity index (χ1) is 14.3. The number of nitrogens with one attached hydrogen (secondary N) is 2. The van der Waals surface area contributed by atoms with Crippen molar-refractivity contribution in [1.82, 2.24) is 4.98 Å². The Morgan fingerprint density at radius 2 is 1.93 bits per heavy atom. The number of rotatable bonds is 7. The first-order valence-electron chi connectivity index (χ1n) is 8.55. The molecule has 0 aliphatic carbocycles. The molecule has 1 aromatic heterocycles. The maximum atomic E-state index is 12.6. The van der Waals surface area contributed by atoms with E-state index in [2.05, 4.69) is 20.2 Å². The number of nitro benzene ring substituents is 1. The van der Waals surface area contributed by atoms with Crippen LogP contribution in [0.2, 0.25) is 5.02 Å². The van der Waals surface area contributed by atoms with Crippen LogP contribution >= 0.6 is 11.6 Å². The molecule has 30 heavy (non-hydrogen) atoms. The lowest BCUT2D eigenvalue weighted by molar-refractivity contribution is -0.384. The number of hydrogen-bond donors (Lipinski definition) is 2. The van der Waals surface area contributed by atoms with E-state index >= 15 is 0 Å². The van der Waals surface area contributed by atoms with Gasteiger partial charge in [-0.2, -0.15) is 5.10 Å². The van der Waals surface area contributed by atoms with Crippen molar-refractivity contribution in [2.75, 3.05) is 10.1 Å². The van der Waals surface area contributed by atoms with Gasteiger partial charge in [0.25, 0.3) is 15.7 Å². The van der Waals surface area contributed by atoms with Crippen LogP contribution in [0.1, 0.15) is 12.6 Å². The van der Waals surface area contributed by atoms with Crippen molar-refractivity contribution in [3.8, 4) is 0 Å². The number of anilines is 2. The van der Waals surface area contributed by atoms with Gasteiger partial charge in [-0.15, -0.1) is 0 Å². The molecular weight excluding hydrogens is 430 g/mol. The average molecular weight is 446 g/mol. The molecule has 0 fully saturated rings. The van der Waals surface area contributed by atoms with E-state index in [0.717, 1.165) is 6.07 Å². The van der Waals surface area contributed by atoms with Crippen molar-refractivity contribution < 1.29 is 13.3 Å². The number of hydrazone groups is 1. The zero-order chi connectivity index (χ0) is 21.7. The van der Waals surface area contributed by atoms with E-state index in [1.165, 1.54) is 24.3 Å². The summed E-state index contributed by atoms with van der Waals surface area (Å²) in [6.45, 7) is 1.69. The van der Waals surface area contributed by atoms with Gasteiger partial charge in [0.05, 0.1) is 26.9 Å². The molecule has 0 aliphatic rings. The number of benzene rings is 2. The van der Waals surface area contributed by atoms with E-state index in [-0.39, 0.29) is 16.3 Å². The first kappa shape index (κ1) is 21.2. The van der Waals surface area contributed by atoms with Crippen LogP contribution in [0.3, 0.4) is 0 Å².